The minimum Gasteiger partial charge on any atom is -0.493 e. The second-order valence-corrected chi connectivity index (χ2v) is 6.62. The molecule has 1 aromatic rings. The highest BCUT2D eigenvalue weighted by Crippen LogP contribution is 2.23. The number of rotatable bonds is 11. The Bertz CT molecular complexity index is 526. The van der Waals surface area contributed by atoms with E-state index in [1.54, 1.807) is 6.07 Å². The van der Waals surface area contributed by atoms with Gasteiger partial charge in [-0.25, -0.2) is 4.79 Å². The molecule has 0 aliphatic rings. The standard InChI is InChI=1S/C21H35NO3.C2H6/c1-7-13-24-20-14-16(5)11-12-18(20)21(23)25-15-19(17(6)8-2)22(9-3)10-4;1-2/h11-12,14,17,19H,7-10,13,15H2,1-6H3;1-2H3. The number of aryl methyl sites for hydroxylation is 1. The number of ether oxygens (including phenoxy) is 2. The normalized spacial score (nSPS) is 12.8. The lowest BCUT2D eigenvalue weighted by Gasteiger charge is -2.33. The van der Waals surface area contributed by atoms with Gasteiger partial charge in [0.25, 0.3) is 0 Å². The average Bonchev–Trinajstić information content (AvgIpc) is 2.70. The van der Waals surface area contributed by atoms with Crippen LogP contribution in [0, 0.1) is 12.8 Å². The molecule has 0 radical (unpaired) electrons. The summed E-state index contributed by atoms with van der Waals surface area (Å²) < 4.78 is 11.4. The smallest absolute Gasteiger partial charge is 0.341 e. The number of benzene rings is 1. The highest BCUT2D eigenvalue weighted by Gasteiger charge is 2.24. The molecule has 1 rings (SSSR count). The average molecular weight is 380 g/mol. The number of carbonyl (C=O) groups is 1. The van der Waals surface area contributed by atoms with Crippen molar-refractivity contribution in [2.75, 3.05) is 26.3 Å². The van der Waals surface area contributed by atoms with Crippen molar-refractivity contribution in [3.8, 4) is 5.75 Å². The van der Waals surface area contributed by atoms with Crippen molar-refractivity contribution in [3.63, 3.8) is 0 Å². The van der Waals surface area contributed by atoms with Crippen molar-refractivity contribution in [2.45, 2.75) is 74.3 Å². The van der Waals surface area contributed by atoms with Crippen LogP contribution < -0.4 is 4.74 Å². The van der Waals surface area contributed by atoms with Gasteiger partial charge in [0.1, 0.15) is 17.9 Å². The Labute approximate surface area is 167 Å². The lowest BCUT2D eigenvalue weighted by Crippen LogP contribution is -2.43. The Kier molecular flexibility index (Phi) is 13.7. The molecule has 2 unspecified atom stereocenters. The maximum Gasteiger partial charge on any atom is 0.341 e. The summed E-state index contributed by atoms with van der Waals surface area (Å²) in [5, 5.41) is 0. The van der Waals surface area contributed by atoms with Crippen LogP contribution in [0.4, 0.5) is 0 Å². The quantitative estimate of drug-likeness (QED) is 0.461. The summed E-state index contributed by atoms with van der Waals surface area (Å²) in [5.41, 5.74) is 1.59. The van der Waals surface area contributed by atoms with Crippen LogP contribution in [0.25, 0.3) is 0 Å². The second-order valence-electron chi connectivity index (χ2n) is 6.62. The van der Waals surface area contributed by atoms with Gasteiger partial charge in [0, 0.05) is 6.04 Å². The third-order valence-corrected chi connectivity index (χ3v) is 4.79. The molecule has 2 atom stereocenters. The zero-order valence-electron chi connectivity index (χ0n) is 18.8. The van der Waals surface area contributed by atoms with Gasteiger partial charge in [-0.05, 0) is 50.0 Å². The monoisotopic (exact) mass is 379 g/mol. The highest BCUT2D eigenvalue weighted by atomic mass is 16.5. The van der Waals surface area contributed by atoms with E-state index in [0.717, 1.165) is 31.5 Å². The highest BCUT2D eigenvalue weighted by molar-refractivity contribution is 5.92. The van der Waals surface area contributed by atoms with E-state index in [1.807, 2.05) is 32.9 Å². The first-order valence-corrected chi connectivity index (χ1v) is 10.6. The van der Waals surface area contributed by atoms with Gasteiger partial charge in [-0.15, -0.1) is 0 Å². The Morgan fingerprint density at radius 3 is 2.26 bits per heavy atom. The number of carbonyl (C=O) groups excluding carboxylic acids is 1. The third-order valence-electron chi connectivity index (χ3n) is 4.79. The fourth-order valence-corrected chi connectivity index (χ4v) is 2.96. The van der Waals surface area contributed by atoms with E-state index in [1.165, 1.54) is 0 Å². The van der Waals surface area contributed by atoms with Gasteiger partial charge in [0.2, 0.25) is 0 Å². The van der Waals surface area contributed by atoms with Crippen LogP contribution in [0.1, 0.15) is 77.2 Å². The van der Waals surface area contributed by atoms with E-state index in [4.69, 9.17) is 9.47 Å². The van der Waals surface area contributed by atoms with Crippen LogP contribution in [0.3, 0.4) is 0 Å². The van der Waals surface area contributed by atoms with Gasteiger partial charge >= 0.3 is 5.97 Å². The van der Waals surface area contributed by atoms with Gasteiger partial charge in [-0.2, -0.15) is 0 Å². The molecule has 4 heteroatoms. The van der Waals surface area contributed by atoms with Gasteiger partial charge in [0.05, 0.1) is 6.61 Å². The van der Waals surface area contributed by atoms with E-state index >= 15 is 0 Å². The fraction of sp³-hybridized carbons (Fsp3) is 0.696. The van der Waals surface area contributed by atoms with Gasteiger partial charge in [-0.3, -0.25) is 4.90 Å². The van der Waals surface area contributed by atoms with E-state index in [-0.39, 0.29) is 12.0 Å². The van der Waals surface area contributed by atoms with Crippen LogP contribution in [-0.2, 0) is 4.74 Å². The van der Waals surface area contributed by atoms with Crippen molar-refractivity contribution >= 4 is 5.97 Å². The molecule has 0 N–H and O–H groups in total. The lowest BCUT2D eigenvalue weighted by atomic mass is 9.98. The molecule has 1 aromatic carbocycles. The Morgan fingerprint density at radius 1 is 1.11 bits per heavy atom. The largest absolute Gasteiger partial charge is 0.493 e. The fourth-order valence-electron chi connectivity index (χ4n) is 2.96. The molecular weight excluding hydrogens is 338 g/mol. The lowest BCUT2D eigenvalue weighted by molar-refractivity contribution is 0.0268. The SMILES string of the molecule is CC.CCCOc1cc(C)ccc1C(=O)OCC(C(C)CC)N(CC)CC. The first-order valence-electron chi connectivity index (χ1n) is 10.6. The summed E-state index contributed by atoms with van der Waals surface area (Å²) in [5.74, 6) is 0.794. The van der Waals surface area contributed by atoms with E-state index in [0.29, 0.717) is 30.4 Å². The van der Waals surface area contributed by atoms with Crippen LogP contribution in [-0.4, -0.2) is 43.2 Å². The van der Waals surface area contributed by atoms with Crippen molar-refractivity contribution < 1.29 is 14.3 Å². The van der Waals surface area contributed by atoms with Gasteiger partial charge in [0.15, 0.2) is 0 Å². The molecule has 0 saturated heterocycles. The Morgan fingerprint density at radius 2 is 1.74 bits per heavy atom. The molecule has 4 nitrogen and oxygen atoms in total. The van der Waals surface area contributed by atoms with Crippen molar-refractivity contribution in [1.82, 2.24) is 4.90 Å². The van der Waals surface area contributed by atoms with E-state index in [2.05, 4.69) is 39.5 Å². The van der Waals surface area contributed by atoms with E-state index < -0.39 is 0 Å². The number of hydrogen-bond acceptors (Lipinski definition) is 4. The molecular formula is C23H41NO3. The van der Waals surface area contributed by atoms with E-state index in [9.17, 15) is 4.79 Å². The van der Waals surface area contributed by atoms with Crippen LogP contribution >= 0.6 is 0 Å². The molecule has 0 heterocycles. The van der Waals surface area contributed by atoms with Crippen LogP contribution in [0.2, 0.25) is 0 Å². The summed E-state index contributed by atoms with van der Waals surface area (Å²) in [6, 6.07) is 5.88. The molecule has 156 valence electrons. The number of esters is 1. The molecule has 0 saturated carbocycles. The van der Waals surface area contributed by atoms with Gasteiger partial charge < -0.3 is 9.47 Å². The minimum absolute atomic E-state index is 0.245. The number of nitrogens with zero attached hydrogens (tertiary/aromatic N) is 1. The van der Waals surface area contributed by atoms with Crippen molar-refractivity contribution in [3.05, 3.63) is 29.3 Å². The summed E-state index contributed by atoms with van der Waals surface area (Å²) >= 11 is 0. The first-order chi connectivity index (χ1) is 13.0. The van der Waals surface area contributed by atoms with Gasteiger partial charge in [-0.1, -0.05) is 61.0 Å². The maximum absolute atomic E-state index is 12.6. The maximum atomic E-state index is 12.6. The summed E-state index contributed by atoms with van der Waals surface area (Å²) in [6.45, 7) is 19.7. The number of likely N-dealkylation sites (N-methyl/N-ethyl adjacent to an activating group) is 1. The molecule has 0 aromatic heterocycles. The summed E-state index contributed by atoms with van der Waals surface area (Å²) in [7, 11) is 0. The Balaban J connectivity index is 0.00000326. The molecule has 0 aliphatic heterocycles. The molecule has 0 aliphatic carbocycles. The topological polar surface area (TPSA) is 38.8 Å². The zero-order valence-corrected chi connectivity index (χ0v) is 18.8. The summed E-state index contributed by atoms with van der Waals surface area (Å²) in [4.78, 5) is 15.0. The van der Waals surface area contributed by atoms with Crippen LogP contribution in [0.5, 0.6) is 5.75 Å². The number of hydrogen-bond donors (Lipinski definition) is 0. The zero-order chi connectivity index (χ0) is 20.8. The second kappa shape index (κ2) is 14.5. The predicted molar refractivity (Wildman–Crippen MR) is 115 cm³/mol. The predicted octanol–water partition coefficient (Wildman–Crippen LogP) is 5.72. The molecule has 0 bridgehead atoms. The van der Waals surface area contributed by atoms with Crippen molar-refractivity contribution in [1.29, 1.82) is 0 Å². The molecule has 27 heavy (non-hydrogen) atoms. The molecule has 0 spiro atoms. The Hall–Kier alpha value is -1.55. The molecule has 0 amide bonds. The first kappa shape index (κ1) is 25.4. The van der Waals surface area contributed by atoms with Crippen LogP contribution in [0.15, 0.2) is 18.2 Å². The molecule has 0 fully saturated rings. The van der Waals surface area contributed by atoms with Crippen molar-refractivity contribution in [2.24, 2.45) is 5.92 Å². The summed E-state index contributed by atoms with van der Waals surface area (Å²) in [6.07, 6.45) is 1.97. The third kappa shape index (κ3) is 8.34. The minimum atomic E-state index is -0.299.